The third kappa shape index (κ3) is 9.28. The van der Waals surface area contributed by atoms with Crippen LogP contribution in [0.25, 0.3) is 34.5 Å². The third-order valence-corrected chi connectivity index (χ3v) is 8.09. The van der Waals surface area contributed by atoms with E-state index in [0.29, 0.717) is 39.4 Å². The number of aromatic nitrogens is 2. The molecule has 0 aliphatic heterocycles. The van der Waals surface area contributed by atoms with Gasteiger partial charge in [-0.2, -0.15) is 13.2 Å². The average molecular weight is 695 g/mol. The molecule has 1 aromatic heterocycles. The van der Waals surface area contributed by atoms with Crippen molar-refractivity contribution in [3.05, 3.63) is 130 Å². The van der Waals surface area contributed by atoms with Crippen molar-refractivity contribution in [1.82, 2.24) is 9.55 Å². The highest BCUT2D eigenvalue weighted by atomic mass is 35.5. The molecular weight excluding hydrogens is 662 g/mol. The molecule has 0 aliphatic carbocycles. The Labute approximate surface area is 286 Å². The molecule has 0 fully saturated rings. The fraction of sp³-hybridized carbons (Fsp3) is 0.189. The van der Waals surface area contributed by atoms with Gasteiger partial charge in [0.05, 0.1) is 24.4 Å². The van der Waals surface area contributed by atoms with Crippen LogP contribution in [0.5, 0.6) is 5.75 Å². The van der Waals surface area contributed by atoms with Gasteiger partial charge in [-0.3, -0.25) is 4.79 Å². The summed E-state index contributed by atoms with van der Waals surface area (Å²) in [6.45, 7) is 0.475. The molecule has 11 heteroatoms. The van der Waals surface area contributed by atoms with Crippen molar-refractivity contribution in [1.29, 1.82) is 0 Å². The zero-order valence-electron chi connectivity index (χ0n) is 25.9. The number of carbonyl (C=O) groups excluding carboxylic acids is 1. The summed E-state index contributed by atoms with van der Waals surface area (Å²) in [5.74, 6) is 0.692. The number of hydrogen-bond acceptors (Lipinski definition) is 5. The summed E-state index contributed by atoms with van der Waals surface area (Å²) in [5, 5.41) is 1.01. The molecule has 0 saturated heterocycles. The van der Waals surface area contributed by atoms with Gasteiger partial charge in [-0.05, 0) is 70.6 Å². The first-order chi connectivity index (χ1) is 23.0. The number of carbonyl (C=O) groups is 1. The number of esters is 1. The van der Waals surface area contributed by atoms with Crippen molar-refractivity contribution >= 4 is 41.3 Å². The Morgan fingerprint density at radius 2 is 1.71 bits per heavy atom. The number of alkyl halides is 3. The second kappa shape index (κ2) is 15.6. The van der Waals surface area contributed by atoms with Gasteiger partial charge in [0, 0.05) is 29.7 Å². The summed E-state index contributed by atoms with van der Waals surface area (Å²) in [6, 6.07) is 27.0. The van der Waals surface area contributed by atoms with Crippen LogP contribution in [0.15, 0.2) is 97.2 Å². The van der Waals surface area contributed by atoms with Crippen LogP contribution in [-0.2, 0) is 16.1 Å². The standard InChI is InChI=1S/C37H32Cl2F3N3O3/c1-47-36(46)35(43)27-13-8-25(9-14-27)22-45-23-33(31-16-15-29(38)21-32(31)39)44-34(45)17-10-24-6-11-26(12-7-24)28-4-2-5-30(20-28)48-19-3-18-37(40,41)42/h2,4-17,20-21,23,35H,3,18-19,22,43H2,1H3/b17-10+. The van der Waals surface area contributed by atoms with Crippen molar-refractivity contribution in [2.45, 2.75) is 31.6 Å². The van der Waals surface area contributed by atoms with Crippen molar-refractivity contribution in [3.63, 3.8) is 0 Å². The first-order valence-corrected chi connectivity index (χ1v) is 15.8. The number of benzene rings is 4. The molecule has 0 saturated carbocycles. The predicted octanol–water partition coefficient (Wildman–Crippen LogP) is 9.64. The smallest absolute Gasteiger partial charge is 0.389 e. The van der Waals surface area contributed by atoms with Gasteiger partial charge in [0.1, 0.15) is 17.6 Å². The Kier molecular flexibility index (Phi) is 11.3. The number of nitrogens with zero attached hydrogens (tertiary/aromatic N) is 2. The van der Waals surface area contributed by atoms with E-state index in [2.05, 4.69) is 0 Å². The molecule has 5 rings (SSSR count). The molecule has 1 unspecified atom stereocenters. The van der Waals surface area contributed by atoms with Gasteiger partial charge < -0.3 is 19.8 Å². The highest BCUT2D eigenvalue weighted by molar-refractivity contribution is 6.36. The van der Waals surface area contributed by atoms with Crippen molar-refractivity contribution in [2.24, 2.45) is 5.73 Å². The number of ether oxygens (including phenoxy) is 2. The van der Waals surface area contributed by atoms with Gasteiger partial charge in [0.25, 0.3) is 0 Å². The van der Waals surface area contributed by atoms with Crippen LogP contribution < -0.4 is 10.5 Å². The van der Waals surface area contributed by atoms with E-state index in [1.54, 1.807) is 30.3 Å². The van der Waals surface area contributed by atoms with Crippen molar-refractivity contribution in [3.8, 4) is 28.1 Å². The predicted molar refractivity (Wildman–Crippen MR) is 184 cm³/mol. The minimum atomic E-state index is -4.19. The van der Waals surface area contributed by atoms with Crippen LogP contribution in [0, 0.1) is 0 Å². The Hall–Kier alpha value is -4.57. The molecule has 0 amide bonds. The molecule has 48 heavy (non-hydrogen) atoms. The SMILES string of the molecule is COC(=O)C(N)c1ccc(Cn2cc(-c3ccc(Cl)cc3Cl)nc2/C=C/c2ccc(-c3cccc(OCCCC(F)(F)F)c3)cc2)cc1. The van der Waals surface area contributed by atoms with Gasteiger partial charge in [0.2, 0.25) is 0 Å². The van der Waals surface area contributed by atoms with Crippen LogP contribution in [0.2, 0.25) is 10.0 Å². The zero-order valence-corrected chi connectivity index (χ0v) is 27.4. The molecule has 5 aromatic rings. The summed E-state index contributed by atoms with van der Waals surface area (Å²) >= 11 is 12.6. The summed E-state index contributed by atoms with van der Waals surface area (Å²) in [4.78, 5) is 16.7. The quantitative estimate of drug-likeness (QED) is 0.104. The molecule has 248 valence electrons. The largest absolute Gasteiger partial charge is 0.494 e. The van der Waals surface area contributed by atoms with E-state index in [1.165, 1.54) is 7.11 Å². The van der Waals surface area contributed by atoms with E-state index < -0.39 is 24.6 Å². The molecule has 0 bridgehead atoms. The van der Waals surface area contributed by atoms with Crippen LogP contribution in [-0.4, -0.2) is 35.4 Å². The third-order valence-electron chi connectivity index (χ3n) is 7.54. The number of hydrogen-bond donors (Lipinski definition) is 1. The van der Waals surface area contributed by atoms with E-state index in [4.69, 9.17) is 43.4 Å². The van der Waals surface area contributed by atoms with Gasteiger partial charge in [-0.15, -0.1) is 0 Å². The van der Waals surface area contributed by atoms with E-state index >= 15 is 0 Å². The second-order valence-electron chi connectivity index (χ2n) is 11.0. The highest BCUT2D eigenvalue weighted by Gasteiger charge is 2.26. The molecule has 6 nitrogen and oxygen atoms in total. The van der Waals surface area contributed by atoms with Gasteiger partial charge in [0.15, 0.2) is 0 Å². The number of imidazole rings is 1. The molecule has 1 atom stereocenters. The van der Waals surface area contributed by atoms with Crippen LogP contribution in [0.3, 0.4) is 0 Å². The number of nitrogens with two attached hydrogens (primary N) is 1. The molecule has 4 aromatic carbocycles. The van der Waals surface area contributed by atoms with Crippen LogP contribution in [0.4, 0.5) is 13.2 Å². The van der Waals surface area contributed by atoms with Crippen LogP contribution >= 0.6 is 23.2 Å². The van der Waals surface area contributed by atoms with Crippen molar-refractivity contribution in [2.75, 3.05) is 13.7 Å². The maximum Gasteiger partial charge on any atom is 0.389 e. The maximum atomic E-state index is 12.4. The van der Waals surface area contributed by atoms with Crippen LogP contribution in [0.1, 0.15) is 41.4 Å². The fourth-order valence-corrected chi connectivity index (χ4v) is 5.50. The fourth-order valence-electron chi connectivity index (χ4n) is 4.99. The first-order valence-electron chi connectivity index (χ1n) is 15.0. The minimum absolute atomic E-state index is 0.0106. The Morgan fingerprint density at radius 1 is 0.958 bits per heavy atom. The van der Waals surface area contributed by atoms with E-state index in [1.807, 2.05) is 83.6 Å². The highest BCUT2D eigenvalue weighted by Crippen LogP contribution is 2.31. The Bertz CT molecular complexity index is 1890. The van der Waals surface area contributed by atoms with E-state index in [-0.39, 0.29) is 13.0 Å². The maximum absolute atomic E-state index is 12.4. The molecule has 0 aliphatic rings. The lowest BCUT2D eigenvalue weighted by atomic mass is 10.0. The number of methoxy groups -OCH3 is 1. The lowest BCUT2D eigenvalue weighted by Gasteiger charge is -2.11. The Morgan fingerprint density at radius 3 is 2.40 bits per heavy atom. The topological polar surface area (TPSA) is 79.4 Å². The lowest BCUT2D eigenvalue weighted by molar-refractivity contribution is -0.142. The molecule has 0 spiro atoms. The average Bonchev–Trinajstić information content (AvgIpc) is 3.47. The second-order valence-corrected chi connectivity index (χ2v) is 11.9. The van der Waals surface area contributed by atoms with Gasteiger partial charge in [-0.25, -0.2) is 4.98 Å². The number of rotatable bonds is 12. The summed E-state index contributed by atoms with van der Waals surface area (Å²) in [5.41, 5.74) is 11.8. The van der Waals surface area contributed by atoms with Crippen molar-refractivity contribution < 1.29 is 27.4 Å². The normalized spacial score (nSPS) is 12.3. The minimum Gasteiger partial charge on any atom is -0.494 e. The zero-order chi connectivity index (χ0) is 34.3. The van der Waals surface area contributed by atoms with Gasteiger partial charge in [-0.1, -0.05) is 89.9 Å². The molecule has 0 radical (unpaired) electrons. The van der Waals surface area contributed by atoms with E-state index in [9.17, 15) is 18.0 Å². The summed E-state index contributed by atoms with van der Waals surface area (Å²) in [7, 11) is 1.30. The monoisotopic (exact) mass is 693 g/mol. The molecule has 2 N–H and O–H groups in total. The number of halogens is 5. The Balaban J connectivity index is 1.35. The summed E-state index contributed by atoms with van der Waals surface area (Å²) < 4.78 is 49.6. The molecular formula is C37H32Cl2F3N3O3. The first kappa shape index (κ1) is 34.8. The van der Waals surface area contributed by atoms with E-state index in [0.717, 1.165) is 27.8 Å². The molecule has 1 heterocycles. The lowest BCUT2D eigenvalue weighted by Crippen LogP contribution is -2.22. The summed E-state index contributed by atoms with van der Waals surface area (Å²) in [6.07, 6.45) is 0.624. The van der Waals surface area contributed by atoms with Gasteiger partial charge >= 0.3 is 12.1 Å².